The van der Waals surface area contributed by atoms with E-state index >= 15 is 8.78 Å². The number of carbonyl (C=O) groups is 2. The quantitative estimate of drug-likeness (QED) is 0.252. The van der Waals surface area contributed by atoms with Crippen molar-refractivity contribution in [1.82, 2.24) is 10.2 Å². The van der Waals surface area contributed by atoms with Gasteiger partial charge in [0.2, 0.25) is 11.8 Å². The highest BCUT2D eigenvalue weighted by molar-refractivity contribution is 5.99. The number of aliphatic imine (C=N–C) groups is 1. The largest absolute Gasteiger partial charge is 0.488 e. The van der Waals surface area contributed by atoms with Crippen LogP contribution in [0.1, 0.15) is 77.3 Å². The summed E-state index contributed by atoms with van der Waals surface area (Å²) in [5, 5.41) is 2.43. The molecule has 2 amide bonds. The molecule has 0 saturated carbocycles. The number of likely N-dealkylation sites (N-methyl/N-ethyl adjacent to an activating group) is 1. The summed E-state index contributed by atoms with van der Waals surface area (Å²) in [6.45, 7) is 11.6. The van der Waals surface area contributed by atoms with Crippen LogP contribution < -0.4 is 15.8 Å². The van der Waals surface area contributed by atoms with E-state index in [1.54, 1.807) is 0 Å². The molecule has 3 atom stereocenters. The molecule has 43 heavy (non-hydrogen) atoms. The summed E-state index contributed by atoms with van der Waals surface area (Å²) in [5.41, 5.74) is 8.77. The van der Waals surface area contributed by atoms with E-state index in [4.69, 9.17) is 10.5 Å². The van der Waals surface area contributed by atoms with Gasteiger partial charge >= 0.3 is 0 Å². The van der Waals surface area contributed by atoms with E-state index in [-0.39, 0.29) is 47.0 Å². The van der Waals surface area contributed by atoms with Crippen molar-refractivity contribution in [3.8, 4) is 5.75 Å². The molecule has 0 saturated heterocycles. The van der Waals surface area contributed by atoms with Crippen LogP contribution in [0.25, 0.3) is 6.08 Å². The molecular formula is C34H44F2N4O3. The smallest absolute Gasteiger partial charge is 0.275 e. The molecule has 3 aliphatic rings. The standard InChI is InChI=1S/C34H44F2N4O3/c1-7-21(2)30-26(14-12-22(3)31(42)38-6)34(35,36)20-27(30)40-29(41)19-25(39-32(40)37)11-9-8-10-23-13-15-28-24(18-23)16-17-33(4,5)43-28/h8,10,12-15,18,21,25,27H,3,7,9,11,16-17,19-20H2,1-2,4-6H3,(H2,37,39)(H,38,42)/b10-8-,14-12-. The number of allylic oxidation sites excluding steroid dienone is 3. The minimum absolute atomic E-state index is 0.0237. The van der Waals surface area contributed by atoms with Gasteiger partial charge in [0, 0.05) is 31.0 Å². The molecule has 7 nitrogen and oxygen atoms in total. The maximum Gasteiger partial charge on any atom is 0.275 e. The summed E-state index contributed by atoms with van der Waals surface area (Å²) in [4.78, 5) is 31.1. The minimum Gasteiger partial charge on any atom is -0.488 e. The van der Waals surface area contributed by atoms with Crippen molar-refractivity contribution in [3.63, 3.8) is 0 Å². The van der Waals surface area contributed by atoms with E-state index in [1.807, 2.05) is 26.0 Å². The van der Waals surface area contributed by atoms with Crippen LogP contribution in [0.5, 0.6) is 5.75 Å². The number of nitrogens with one attached hydrogen (secondary N) is 1. The lowest BCUT2D eigenvalue weighted by Crippen LogP contribution is -2.53. The fourth-order valence-corrected chi connectivity index (χ4v) is 6.05. The number of halogens is 2. The Morgan fingerprint density at radius 1 is 1.33 bits per heavy atom. The predicted octanol–water partition coefficient (Wildman–Crippen LogP) is 6.11. The monoisotopic (exact) mass is 594 g/mol. The Hall–Kier alpha value is -3.75. The number of aryl methyl sites for hydroxylation is 1. The molecule has 0 spiro atoms. The van der Waals surface area contributed by atoms with Gasteiger partial charge in [-0.2, -0.15) is 0 Å². The van der Waals surface area contributed by atoms with E-state index < -0.39 is 24.3 Å². The Kier molecular flexibility index (Phi) is 9.62. The lowest BCUT2D eigenvalue weighted by molar-refractivity contribution is -0.130. The van der Waals surface area contributed by atoms with Gasteiger partial charge in [0.15, 0.2) is 5.96 Å². The van der Waals surface area contributed by atoms with Crippen molar-refractivity contribution in [2.75, 3.05) is 7.05 Å². The first kappa shape index (κ1) is 32.2. The van der Waals surface area contributed by atoms with Crippen LogP contribution in [0.3, 0.4) is 0 Å². The van der Waals surface area contributed by atoms with Gasteiger partial charge in [-0.1, -0.05) is 44.7 Å². The molecule has 3 unspecified atom stereocenters. The number of guanidine groups is 1. The first-order valence-corrected chi connectivity index (χ1v) is 15.1. The van der Waals surface area contributed by atoms with Crippen LogP contribution in [0.15, 0.2) is 64.7 Å². The van der Waals surface area contributed by atoms with Gasteiger partial charge in [0.25, 0.3) is 5.92 Å². The number of ether oxygens (including phenoxy) is 1. The van der Waals surface area contributed by atoms with Crippen molar-refractivity contribution in [2.24, 2.45) is 16.6 Å². The summed E-state index contributed by atoms with van der Waals surface area (Å²) < 4.78 is 36.9. The van der Waals surface area contributed by atoms with Gasteiger partial charge in [-0.05, 0) is 86.8 Å². The number of nitrogens with two attached hydrogens (primary N) is 1. The number of alkyl halides is 2. The number of benzene rings is 1. The Morgan fingerprint density at radius 2 is 2.07 bits per heavy atom. The van der Waals surface area contributed by atoms with E-state index in [1.165, 1.54) is 29.7 Å². The maximum atomic E-state index is 15.4. The van der Waals surface area contributed by atoms with Crippen molar-refractivity contribution in [2.45, 2.75) is 96.2 Å². The second-order valence-electron chi connectivity index (χ2n) is 12.4. The molecule has 3 N–H and O–H groups in total. The van der Waals surface area contributed by atoms with Crippen molar-refractivity contribution in [1.29, 1.82) is 0 Å². The van der Waals surface area contributed by atoms with Gasteiger partial charge < -0.3 is 15.8 Å². The number of carbonyl (C=O) groups excluding carboxylic acids is 2. The van der Waals surface area contributed by atoms with E-state index in [9.17, 15) is 9.59 Å². The zero-order valence-electron chi connectivity index (χ0n) is 25.9. The highest BCUT2D eigenvalue weighted by atomic mass is 19.3. The molecule has 1 aliphatic carbocycles. The Bertz CT molecular complexity index is 1390. The average Bonchev–Trinajstić information content (AvgIpc) is 3.21. The predicted molar refractivity (Wildman–Crippen MR) is 167 cm³/mol. The normalized spacial score (nSPS) is 23.7. The number of hydrogen-bond acceptors (Lipinski definition) is 5. The SMILES string of the molecule is C=C(/C=C\C1=C(C(C)CC)C(N2C(=O)CC(CC/C=C\c3ccc4c(c3)CCC(C)(C)O4)N=C2N)CC1(F)F)C(=O)NC. The Morgan fingerprint density at radius 3 is 2.74 bits per heavy atom. The molecule has 2 heterocycles. The molecule has 2 aliphatic heterocycles. The molecule has 9 heteroatoms. The number of amides is 2. The van der Waals surface area contributed by atoms with Gasteiger partial charge in [0.05, 0.1) is 12.1 Å². The van der Waals surface area contributed by atoms with Crippen LogP contribution in [0.2, 0.25) is 0 Å². The number of fused-ring (bicyclic) bond motifs is 1. The van der Waals surface area contributed by atoms with Gasteiger partial charge in [-0.3, -0.25) is 14.5 Å². The van der Waals surface area contributed by atoms with E-state index in [0.717, 1.165) is 24.2 Å². The third kappa shape index (κ3) is 7.25. The molecule has 0 fully saturated rings. The first-order chi connectivity index (χ1) is 20.3. The van der Waals surface area contributed by atoms with Crippen molar-refractivity contribution >= 4 is 23.8 Å². The second-order valence-corrected chi connectivity index (χ2v) is 12.4. The van der Waals surface area contributed by atoms with Gasteiger partial charge in [-0.15, -0.1) is 0 Å². The topological polar surface area (TPSA) is 97.0 Å². The van der Waals surface area contributed by atoms with Gasteiger partial charge in [0.1, 0.15) is 11.4 Å². The molecule has 1 aromatic rings. The molecule has 4 rings (SSSR count). The third-order valence-electron chi connectivity index (χ3n) is 8.62. The Labute approximate surface area is 253 Å². The molecule has 1 aromatic carbocycles. The highest BCUT2D eigenvalue weighted by Gasteiger charge is 2.51. The molecule has 0 radical (unpaired) electrons. The summed E-state index contributed by atoms with van der Waals surface area (Å²) in [7, 11) is 1.45. The van der Waals surface area contributed by atoms with Gasteiger partial charge in [-0.25, -0.2) is 13.8 Å². The summed E-state index contributed by atoms with van der Waals surface area (Å²) in [5.74, 6) is -3.29. The van der Waals surface area contributed by atoms with Crippen LogP contribution in [-0.2, 0) is 16.0 Å². The minimum atomic E-state index is -3.20. The van der Waals surface area contributed by atoms with E-state index in [2.05, 4.69) is 49.0 Å². The second kappa shape index (κ2) is 12.9. The number of hydrogen-bond donors (Lipinski definition) is 2. The van der Waals surface area contributed by atoms with E-state index in [0.29, 0.717) is 24.8 Å². The molecular weight excluding hydrogens is 550 g/mol. The Balaban J connectivity index is 1.46. The maximum absolute atomic E-state index is 15.4. The van der Waals surface area contributed by atoms with Crippen LogP contribution in [0, 0.1) is 5.92 Å². The fourth-order valence-electron chi connectivity index (χ4n) is 6.05. The summed E-state index contributed by atoms with van der Waals surface area (Å²) >= 11 is 0. The van der Waals surface area contributed by atoms with Crippen molar-refractivity contribution < 1.29 is 23.1 Å². The summed E-state index contributed by atoms with van der Waals surface area (Å²) in [6.07, 6.45) is 10.0. The fraction of sp³-hybridized carbons (Fsp3) is 0.500. The number of rotatable bonds is 10. The number of nitrogens with zero attached hydrogens (tertiary/aromatic N) is 2. The lowest BCUT2D eigenvalue weighted by Gasteiger charge is -2.36. The summed E-state index contributed by atoms with van der Waals surface area (Å²) in [6, 6.07) is 4.97. The molecule has 0 bridgehead atoms. The molecule has 0 aromatic heterocycles. The highest BCUT2D eigenvalue weighted by Crippen LogP contribution is 2.47. The molecule has 232 valence electrons. The first-order valence-electron chi connectivity index (χ1n) is 15.1. The van der Waals surface area contributed by atoms with Crippen LogP contribution >= 0.6 is 0 Å². The van der Waals surface area contributed by atoms with Crippen molar-refractivity contribution in [3.05, 3.63) is 70.9 Å². The lowest BCUT2D eigenvalue weighted by atomic mass is 9.90. The third-order valence-corrected chi connectivity index (χ3v) is 8.62. The zero-order chi connectivity index (χ0) is 31.5. The average molecular weight is 595 g/mol. The van der Waals surface area contributed by atoms with Crippen LogP contribution in [-0.4, -0.2) is 53.3 Å². The van der Waals surface area contributed by atoms with Crippen LogP contribution in [0.4, 0.5) is 8.78 Å². The zero-order valence-corrected chi connectivity index (χ0v) is 25.9.